The molecule has 2 amide bonds. The smallest absolute Gasteiger partial charge is 0.315 e. The van der Waals surface area contributed by atoms with E-state index in [0.29, 0.717) is 13.0 Å². The zero-order valence-electron chi connectivity index (χ0n) is 10.6. The average Bonchev–Trinajstić information content (AvgIpc) is 2.73. The Labute approximate surface area is 124 Å². The molecule has 1 unspecified atom stereocenters. The number of hydrogen-bond donors (Lipinski definition) is 3. The Balaban J connectivity index is 2.25. The van der Waals surface area contributed by atoms with Crippen molar-refractivity contribution in [1.29, 1.82) is 0 Å². The van der Waals surface area contributed by atoms with Gasteiger partial charge in [-0.1, -0.05) is 6.92 Å². The number of hydrogen-bond acceptors (Lipinski definition) is 3. The lowest BCUT2D eigenvalue weighted by Gasteiger charge is -2.15. The molecule has 1 aromatic heterocycles. The number of halogens is 1. The van der Waals surface area contributed by atoms with Crippen LogP contribution in [0.2, 0.25) is 0 Å². The first-order chi connectivity index (χ1) is 9.01. The van der Waals surface area contributed by atoms with E-state index >= 15 is 0 Å². The van der Waals surface area contributed by atoms with Crippen molar-refractivity contribution in [2.75, 3.05) is 6.54 Å². The van der Waals surface area contributed by atoms with Gasteiger partial charge in [-0.3, -0.25) is 4.79 Å². The minimum Gasteiger partial charge on any atom is -0.481 e. The largest absolute Gasteiger partial charge is 0.481 e. The molecule has 0 fully saturated rings. The fourth-order valence-electron chi connectivity index (χ4n) is 1.53. The highest BCUT2D eigenvalue weighted by atomic mass is 79.9. The van der Waals surface area contributed by atoms with Gasteiger partial charge in [-0.25, -0.2) is 4.79 Å². The highest BCUT2D eigenvalue weighted by Crippen LogP contribution is 2.21. The van der Waals surface area contributed by atoms with Gasteiger partial charge in [0.1, 0.15) is 0 Å². The van der Waals surface area contributed by atoms with Crippen LogP contribution in [-0.4, -0.2) is 29.7 Å². The van der Waals surface area contributed by atoms with E-state index in [1.807, 2.05) is 19.1 Å². The molecule has 1 heterocycles. The lowest BCUT2D eigenvalue weighted by atomic mass is 10.1. The first-order valence-corrected chi connectivity index (χ1v) is 7.62. The number of carboxylic acids is 1. The number of thiophene rings is 1. The van der Waals surface area contributed by atoms with Crippen LogP contribution in [0, 0.1) is 0 Å². The lowest BCUT2D eigenvalue weighted by molar-refractivity contribution is -0.137. The minimum atomic E-state index is -0.907. The zero-order valence-corrected chi connectivity index (χ0v) is 13.0. The van der Waals surface area contributed by atoms with Crippen LogP contribution < -0.4 is 10.6 Å². The minimum absolute atomic E-state index is 0.0538. The summed E-state index contributed by atoms with van der Waals surface area (Å²) in [5.41, 5.74) is 0. The summed E-state index contributed by atoms with van der Waals surface area (Å²) in [6, 6.07) is 3.34. The third kappa shape index (κ3) is 6.58. The Kier molecular flexibility index (Phi) is 6.86. The summed E-state index contributed by atoms with van der Waals surface area (Å²) in [5, 5.41) is 14.1. The van der Waals surface area contributed by atoms with Crippen LogP contribution in [0.25, 0.3) is 0 Å². The topological polar surface area (TPSA) is 78.4 Å². The van der Waals surface area contributed by atoms with Crippen molar-refractivity contribution >= 4 is 39.3 Å². The molecule has 1 aromatic rings. The molecule has 1 rings (SSSR count). The summed E-state index contributed by atoms with van der Waals surface area (Å²) >= 11 is 5.01. The van der Waals surface area contributed by atoms with Crippen LogP contribution >= 0.6 is 27.3 Å². The molecule has 0 aliphatic heterocycles. The third-order valence-electron chi connectivity index (χ3n) is 2.53. The summed E-state index contributed by atoms with van der Waals surface area (Å²) in [5.74, 6) is -0.907. The van der Waals surface area contributed by atoms with E-state index in [-0.39, 0.29) is 18.5 Å². The Hall–Kier alpha value is -1.08. The molecule has 0 saturated carbocycles. The monoisotopic (exact) mass is 348 g/mol. The normalized spacial score (nSPS) is 11.9. The van der Waals surface area contributed by atoms with Gasteiger partial charge < -0.3 is 15.7 Å². The first kappa shape index (κ1) is 16.0. The van der Waals surface area contributed by atoms with Gasteiger partial charge in [0.25, 0.3) is 0 Å². The number of carbonyl (C=O) groups is 2. The molecule has 0 spiro atoms. The molecule has 0 bridgehead atoms. The Morgan fingerprint density at radius 2 is 2.21 bits per heavy atom. The molecular formula is C12H17BrN2O3S. The van der Waals surface area contributed by atoms with Crippen LogP contribution in [-0.2, 0) is 11.2 Å². The van der Waals surface area contributed by atoms with Crippen molar-refractivity contribution in [3.05, 3.63) is 20.8 Å². The number of carbonyl (C=O) groups excluding carboxylic acids is 1. The summed E-state index contributed by atoms with van der Waals surface area (Å²) in [6.07, 6.45) is 1.30. The molecule has 19 heavy (non-hydrogen) atoms. The standard InChI is InChI=1S/C12H17BrN2O3S/c1-2-8(7-11(16)17)15-12(18)14-6-5-9-3-4-10(13)19-9/h3-4,8H,2,5-7H2,1H3,(H,16,17)(H2,14,15,18). The number of nitrogens with one attached hydrogen (secondary N) is 2. The predicted molar refractivity (Wildman–Crippen MR) is 78.6 cm³/mol. The van der Waals surface area contributed by atoms with E-state index in [9.17, 15) is 9.59 Å². The van der Waals surface area contributed by atoms with Gasteiger partial charge in [-0.05, 0) is 40.9 Å². The second-order valence-electron chi connectivity index (χ2n) is 4.06. The van der Waals surface area contributed by atoms with E-state index in [4.69, 9.17) is 5.11 Å². The molecule has 7 heteroatoms. The van der Waals surface area contributed by atoms with Gasteiger partial charge in [0.2, 0.25) is 0 Å². The molecule has 0 aromatic carbocycles. The van der Waals surface area contributed by atoms with E-state index in [1.54, 1.807) is 11.3 Å². The van der Waals surface area contributed by atoms with E-state index < -0.39 is 5.97 Å². The van der Waals surface area contributed by atoms with Crippen molar-refractivity contribution in [3.63, 3.8) is 0 Å². The predicted octanol–water partition coefficient (Wildman–Crippen LogP) is 2.61. The summed E-state index contributed by atoms with van der Waals surface area (Å²) in [6.45, 7) is 2.37. The first-order valence-electron chi connectivity index (χ1n) is 6.01. The third-order valence-corrected chi connectivity index (χ3v) is 4.22. The quantitative estimate of drug-likeness (QED) is 0.708. The van der Waals surface area contributed by atoms with Crippen molar-refractivity contribution in [1.82, 2.24) is 10.6 Å². The molecule has 0 aliphatic rings. The maximum absolute atomic E-state index is 11.6. The van der Waals surface area contributed by atoms with Crippen LogP contribution in [0.1, 0.15) is 24.6 Å². The van der Waals surface area contributed by atoms with Crippen molar-refractivity contribution in [2.45, 2.75) is 32.2 Å². The maximum Gasteiger partial charge on any atom is 0.315 e. The van der Waals surface area contributed by atoms with Gasteiger partial charge in [-0.2, -0.15) is 0 Å². The number of rotatable bonds is 7. The Bertz CT molecular complexity index is 436. The molecule has 106 valence electrons. The molecule has 3 N–H and O–H groups in total. The second kappa shape index (κ2) is 8.16. The SMILES string of the molecule is CCC(CC(=O)O)NC(=O)NCCc1ccc(Br)s1. The van der Waals surface area contributed by atoms with Crippen LogP contribution in [0.5, 0.6) is 0 Å². The summed E-state index contributed by atoms with van der Waals surface area (Å²) < 4.78 is 1.07. The van der Waals surface area contributed by atoms with Gasteiger partial charge in [0.05, 0.1) is 10.2 Å². The lowest BCUT2D eigenvalue weighted by Crippen LogP contribution is -2.43. The fraction of sp³-hybridized carbons (Fsp3) is 0.500. The molecule has 1 atom stereocenters. The van der Waals surface area contributed by atoms with Crippen molar-refractivity contribution in [3.8, 4) is 0 Å². The number of carboxylic acid groups (broad SMARTS) is 1. The highest BCUT2D eigenvalue weighted by molar-refractivity contribution is 9.11. The average molecular weight is 349 g/mol. The molecule has 5 nitrogen and oxygen atoms in total. The van der Waals surface area contributed by atoms with Gasteiger partial charge in [-0.15, -0.1) is 11.3 Å². The van der Waals surface area contributed by atoms with Gasteiger partial charge in [0, 0.05) is 17.5 Å². The van der Waals surface area contributed by atoms with Crippen molar-refractivity contribution in [2.24, 2.45) is 0 Å². The summed E-state index contributed by atoms with van der Waals surface area (Å²) in [7, 11) is 0. The highest BCUT2D eigenvalue weighted by Gasteiger charge is 2.13. The molecule has 0 radical (unpaired) electrons. The Morgan fingerprint density at radius 1 is 1.47 bits per heavy atom. The van der Waals surface area contributed by atoms with Gasteiger partial charge >= 0.3 is 12.0 Å². The maximum atomic E-state index is 11.6. The Morgan fingerprint density at radius 3 is 2.74 bits per heavy atom. The number of urea groups is 1. The number of amides is 2. The van der Waals surface area contributed by atoms with Crippen LogP contribution in [0.4, 0.5) is 4.79 Å². The number of aliphatic carboxylic acids is 1. The van der Waals surface area contributed by atoms with Crippen LogP contribution in [0.15, 0.2) is 15.9 Å². The van der Waals surface area contributed by atoms with E-state index in [1.165, 1.54) is 4.88 Å². The van der Waals surface area contributed by atoms with Crippen LogP contribution in [0.3, 0.4) is 0 Å². The fourth-order valence-corrected chi connectivity index (χ4v) is 3.01. The zero-order chi connectivity index (χ0) is 14.3. The van der Waals surface area contributed by atoms with E-state index in [0.717, 1.165) is 10.2 Å². The molecule has 0 aliphatic carbocycles. The van der Waals surface area contributed by atoms with Crippen molar-refractivity contribution < 1.29 is 14.7 Å². The van der Waals surface area contributed by atoms with E-state index in [2.05, 4.69) is 26.6 Å². The molecular weight excluding hydrogens is 332 g/mol. The second-order valence-corrected chi connectivity index (χ2v) is 6.61. The summed E-state index contributed by atoms with van der Waals surface area (Å²) in [4.78, 5) is 23.3. The van der Waals surface area contributed by atoms with Gasteiger partial charge in [0.15, 0.2) is 0 Å². The molecule has 0 saturated heterocycles.